The second-order valence-corrected chi connectivity index (χ2v) is 9.37. The quantitative estimate of drug-likeness (QED) is 0.502. The van der Waals surface area contributed by atoms with Gasteiger partial charge >= 0.3 is 0 Å². The summed E-state index contributed by atoms with van der Waals surface area (Å²) in [7, 11) is 0. The molecule has 1 aliphatic heterocycles. The van der Waals surface area contributed by atoms with Crippen molar-refractivity contribution >= 4 is 11.6 Å². The molecule has 1 atom stereocenters. The van der Waals surface area contributed by atoms with Crippen molar-refractivity contribution in [3.05, 3.63) is 63.3 Å². The fourth-order valence-electron chi connectivity index (χ4n) is 4.54. The summed E-state index contributed by atoms with van der Waals surface area (Å²) in [6.45, 7) is -0.395. The van der Waals surface area contributed by atoms with Crippen molar-refractivity contribution in [1.29, 1.82) is 0 Å². The number of halogens is 5. The number of carbonyl (C=O) groups is 1. The van der Waals surface area contributed by atoms with Crippen molar-refractivity contribution < 1.29 is 30.9 Å². The van der Waals surface area contributed by atoms with Crippen LogP contribution < -0.4 is 16.2 Å². The highest BCUT2D eigenvalue weighted by molar-refractivity contribution is 5.99. The van der Waals surface area contributed by atoms with Crippen LogP contribution in [0, 0.1) is 5.82 Å². The van der Waals surface area contributed by atoms with Gasteiger partial charge in [0.1, 0.15) is 11.4 Å². The molecule has 1 aromatic heterocycles. The van der Waals surface area contributed by atoms with Crippen LogP contribution in [0.25, 0.3) is 0 Å². The second kappa shape index (κ2) is 10.2. The summed E-state index contributed by atoms with van der Waals surface area (Å²) in [5.41, 5.74) is -3.57. The standard InChI is InChI=1S/C25H29F5N4O2/c1-14(16-4-3-5-17(21(16)26)22(27)28)31-23(36)18-13-34(25(8-9-25)24(29)30)20(35)12-19(18)32-15-6-10-33(2)11-7-15/h3-5,12-15,22,24,32H,6-11H2,1-2H3,(H,31,36)/t14-/m1/s1/i2D3. The number of aromatic nitrogens is 1. The molecule has 2 aliphatic rings. The van der Waals surface area contributed by atoms with E-state index in [0.29, 0.717) is 12.8 Å². The van der Waals surface area contributed by atoms with Crippen LogP contribution in [0.4, 0.5) is 27.6 Å². The van der Waals surface area contributed by atoms with E-state index in [1.807, 2.05) is 0 Å². The monoisotopic (exact) mass is 515 g/mol. The molecule has 4 rings (SSSR count). The van der Waals surface area contributed by atoms with Gasteiger partial charge in [-0.1, -0.05) is 18.2 Å². The molecule has 0 spiro atoms. The molecule has 2 aromatic rings. The number of carbonyl (C=O) groups excluding carboxylic acids is 1. The molecule has 1 amide bonds. The third-order valence-corrected chi connectivity index (χ3v) is 6.91. The van der Waals surface area contributed by atoms with Crippen LogP contribution in [-0.4, -0.2) is 47.9 Å². The Hall–Kier alpha value is -2.95. The second-order valence-electron chi connectivity index (χ2n) is 9.37. The number of amides is 1. The summed E-state index contributed by atoms with van der Waals surface area (Å²) in [5.74, 6) is -2.00. The minimum absolute atomic E-state index is 0.0496. The zero-order valence-electron chi connectivity index (χ0n) is 22.5. The summed E-state index contributed by atoms with van der Waals surface area (Å²) in [5, 5.41) is 5.60. The average molecular weight is 516 g/mol. The van der Waals surface area contributed by atoms with E-state index >= 15 is 0 Å². The lowest BCUT2D eigenvalue weighted by atomic mass is 10.0. The molecule has 2 heterocycles. The van der Waals surface area contributed by atoms with E-state index in [1.165, 1.54) is 24.0 Å². The third-order valence-electron chi connectivity index (χ3n) is 6.91. The van der Waals surface area contributed by atoms with Gasteiger partial charge < -0.3 is 20.1 Å². The molecule has 0 radical (unpaired) electrons. The van der Waals surface area contributed by atoms with Crippen LogP contribution in [0.15, 0.2) is 35.3 Å². The summed E-state index contributed by atoms with van der Waals surface area (Å²) >= 11 is 0. The highest BCUT2D eigenvalue weighted by atomic mass is 19.3. The number of alkyl halides is 4. The molecule has 2 fully saturated rings. The maximum absolute atomic E-state index is 14.7. The van der Waals surface area contributed by atoms with Crippen molar-refractivity contribution in [2.24, 2.45) is 0 Å². The zero-order valence-corrected chi connectivity index (χ0v) is 19.5. The van der Waals surface area contributed by atoms with Gasteiger partial charge in [0.25, 0.3) is 24.3 Å². The number of pyridine rings is 1. The SMILES string of the molecule is [2H]C([2H])([2H])N1CCC(Nc2cc(=O)n(C3(C(F)F)CC3)cc2C(=O)N[C@H](C)c2cccc(C(F)F)c2F)CC1. The van der Waals surface area contributed by atoms with Crippen molar-refractivity contribution in [3.63, 3.8) is 0 Å². The highest BCUT2D eigenvalue weighted by Crippen LogP contribution is 2.48. The molecule has 196 valence electrons. The summed E-state index contributed by atoms with van der Waals surface area (Å²) in [6, 6.07) is 3.09. The average Bonchev–Trinajstić information content (AvgIpc) is 3.66. The zero-order chi connectivity index (χ0) is 28.7. The predicted molar refractivity (Wildman–Crippen MR) is 125 cm³/mol. The van der Waals surface area contributed by atoms with E-state index in [1.54, 1.807) is 0 Å². The minimum Gasteiger partial charge on any atom is -0.381 e. The van der Waals surface area contributed by atoms with Crippen LogP contribution >= 0.6 is 0 Å². The topological polar surface area (TPSA) is 66.4 Å². The van der Waals surface area contributed by atoms with Crippen molar-refractivity contribution in [2.45, 2.75) is 63.1 Å². The van der Waals surface area contributed by atoms with Crippen molar-refractivity contribution in [2.75, 3.05) is 25.4 Å². The molecule has 0 unspecified atom stereocenters. The fraction of sp³-hybridized carbons (Fsp3) is 0.520. The number of nitrogens with zero attached hydrogens (tertiary/aromatic N) is 2. The lowest BCUT2D eigenvalue weighted by Crippen LogP contribution is -2.40. The first kappa shape index (κ1) is 22.3. The molecule has 0 bridgehead atoms. The first-order chi connectivity index (χ1) is 18.2. The Morgan fingerprint density at radius 3 is 2.42 bits per heavy atom. The van der Waals surface area contributed by atoms with Gasteiger partial charge in [-0.05, 0) is 52.7 Å². The van der Waals surface area contributed by atoms with Gasteiger partial charge in [0.15, 0.2) is 0 Å². The van der Waals surface area contributed by atoms with Crippen LogP contribution in [0.3, 0.4) is 0 Å². The van der Waals surface area contributed by atoms with Gasteiger partial charge in [-0.3, -0.25) is 9.59 Å². The van der Waals surface area contributed by atoms with Crippen molar-refractivity contribution in [3.8, 4) is 0 Å². The Balaban J connectivity index is 1.63. The Morgan fingerprint density at radius 2 is 1.83 bits per heavy atom. The van der Waals surface area contributed by atoms with Crippen LogP contribution in [-0.2, 0) is 5.54 Å². The first-order valence-corrected chi connectivity index (χ1v) is 11.7. The van der Waals surface area contributed by atoms with Gasteiger partial charge in [-0.15, -0.1) is 0 Å². The first-order valence-electron chi connectivity index (χ1n) is 13.2. The lowest BCUT2D eigenvalue weighted by molar-refractivity contribution is 0.0648. The van der Waals surface area contributed by atoms with Crippen LogP contribution in [0.1, 0.15) is 70.7 Å². The molecule has 6 nitrogen and oxygen atoms in total. The van der Waals surface area contributed by atoms with Gasteiger partial charge in [-0.2, -0.15) is 0 Å². The van der Waals surface area contributed by atoms with Gasteiger partial charge in [0.05, 0.1) is 22.9 Å². The Morgan fingerprint density at radius 1 is 1.17 bits per heavy atom. The number of anilines is 1. The molecule has 2 N–H and O–H groups in total. The van der Waals surface area contributed by atoms with E-state index in [-0.39, 0.29) is 48.8 Å². The van der Waals surface area contributed by atoms with Crippen LogP contribution in [0.2, 0.25) is 0 Å². The maximum atomic E-state index is 14.7. The van der Waals surface area contributed by atoms with E-state index in [9.17, 15) is 31.5 Å². The number of hydrogen-bond donors (Lipinski definition) is 2. The smallest absolute Gasteiger partial charge is 0.266 e. The Kier molecular flexibility index (Phi) is 6.31. The minimum atomic E-state index is -3.06. The summed E-state index contributed by atoms with van der Waals surface area (Å²) in [4.78, 5) is 27.6. The van der Waals surface area contributed by atoms with Crippen molar-refractivity contribution in [1.82, 2.24) is 14.8 Å². The number of benzene rings is 1. The molecule has 1 aromatic carbocycles. The highest BCUT2D eigenvalue weighted by Gasteiger charge is 2.53. The molecule has 1 saturated carbocycles. The normalized spacial score (nSPS) is 20.5. The number of nitrogens with one attached hydrogen (secondary N) is 2. The van der Waals surface area contributed by atoms with E-state index < -0.39 is 54.3 Å². The van der Waals surface area contributed by atoms with E-state index in [0.717, 1.165) is 22.9 Å². The maximum Gasteiger partial charge on any atom is 0.266 e. The van der Waals surface area contributed by atoms with Gasteiger partial charge in [0, 0.05) is 28.0 Å². The summed E-state index contributed by atoms with van der Waals surface area (Å²) in [6.07, 6.45) is -4.00. The lowest BCUT2D eigenvalue weighted by Gasteiger charge is -2.31. The third kappa shape index (κ3) is 5.11. The number of likely N-dealkylation sites (tertiary alicyclic amines) is 1. The number of hydrogen-bond acceptors (Lipinski definition) is 4. The summed E-state index contributed by atoms with van der Waals surface area (Å²) < 4.78 is 92.2. The fourth-order valence-corrected chi connectivity index (χ4v) is 4.54. The van der Waals surface area contributed by atoms with E-state index in [2.05, 4.69) is 10.6 Å². The van der Waals surface area contributed by atoms with Gasteiger partial charge in [-0.25, -0.2) is 22.0 Å². The Bertz CT molecular complexity index is 1280. The molecule has 1 aliphatic carbocycles. The predicted octanol–water partition coefficient (Wildman–Crippen LogP) is 4.68. The largest absolute Gasteiger partial charge is 0.381 e. The van der Waals surface area contributed by atoms with Crippen LogP contribution in [0.5, 0.6) is 0 Å². The number of piperidine rings is 1. The molecular formula is C25H29F5N4O2. The van der Waals surface area contributed by atoms with E-state index in [4.69, 9.17) is 4.11 Å². The molecule has 1 saturated heterocycles. The molecule has 11 heteroatoms. The number of rotatable bonds is 8. The Labute approximate surface area is 209 Å². The molecular weight excluding hydrogens is 483 g/mol. The molecule has 36 heavy (non-hydrogen) atoms. The van der Waals surface area contributed by atoms with Gasteiger partial charge in [0.2, 0.25) is 0 Å².